The molecule has 0 radical (unpaired) electrons. The van der Waals surface area contributed by atoms with Crippen molar-refractivity contribution in [1.82, 2.24) is 4.98 Å². The van der Waals surface area contributed by atoms with Gasteiger partial charge in [-0.15, -0.1) is 0 Å². The Kier molecular flexibility index (Phi) is 3.61. The highest BCUT2D eigenvalue weighted by molar-refractivity contribution is 7.17. The smallest absolute Gasteiger partial charge is 0.186 e. The van der Waals surface area contributed by atoms with Crippen LogP contribution < -0.4 is 4.90 Å². The number of thiazole rings is 1. The van der Waals surface area contributed by atoms with E-state index in [1.165, 1.54) is 32.1 Å². The maximum atomic E-state index is 12.3. The molecule has 0 amide bonds. The number of carbonyl (C=O) groups excluding carboxylic acids is 1. The number of anilines is 1. The number of Topliss-reactive ketones (excluding diaryl/α,β-unsaturated/α-hetero) is 1. The summed E-state index contributed by atoms with van der Waals surface area (Å²) in [5.74, 6) is 0.289. The molecular formula is C16H24N2OS. The van der Waals surface area contributed by atoms with Crippen LogP contribution in [0.4, 0.5) is 5.13 Å². The zero-order valence-corrected chi connectivity index (χ0v) is 13.6. The summed E-state index contributed by atoms with van der Waals surface area (Å²) in [7, 11) is 2.15. The second-order valence-corrected chi connectivity index (χ2v) is 8.09. The molecule has 2 aliphatic rings. The molecule has 1 heterocycles. The predicted octanol–water partition coefficient (Wildman–Crippen LogP) is 4.07. The molecule has 4 heteroatoms. The topological polar surface area (TPSA) is 33.2 Å². The number of carbonyl (C=O) groups is 1. The number of aromatic nitrogens is 1. The summed E-state index contributed by atoms with van der Waals surface area (Å²) in [6.07, 6.45) is 8.14. The van der Waals surface area contributed by atoms with Gasteiger partial charge in [-0.05, 0) is 24.7 Å². The van der Waals surface area contributed by atoms with E-state index in [2.05, 4.69) is 25.8 Å². The molecule has 0 unspecified atom stereocenters. The van der Waals surface area contributed by atoms with Gasteiger partial charge in [0.15, 0.2) is 10.9 Å². The summed E-state index contributed by atoms with van der Waals surface area (Å²) >= 11 is 1.61. The van der Waals surface area contributed by atoms with Crippen LogP contribution in [0, 0.1) is 5.41 Å². The number of hydrogen-bond donors (Lipinski definition) is 0. The van der Waals surface area contributed by atoms with Gasteiger partial charge in [0.1, 0.15) is 0 Å². The zero-order chi connectivity index (χ0) is 14.3. The molecule has 0 atom stereocenters. The minimum Gasteiger partial charge on any atom is -0.348 e. The minimum atomic E-state index is 0.0683. The second-order valence-electron chi connectivity index (χ2n) is 7.12. The van der Waals surface area contributed by atoms with Crippen molar-refractivity contribution in [2.45, 2.75) is 64.8 Å². The molecule has 1 saturated carbocycles. The fraction of sp³-hybridized carbons (Fsp3) is 0.750. The molecule has 0 aromatic carbocycles. The Balaban J connectivity index is 1.84. The van der Waals surface area contributed by atoms with Gasteiger partial charge in [-0.3, -0.25) is 4.79 Å². The van der Waals surface area contributed by atoms with Gasteiger partial charge in [0, 0.05) is 19.5 Å². The van der Waals surface area contributed by atoms with Crippen LogP contribution >= 0.6 is 11.3 Å². The van der Waals surface area contributed by atoms with Crippen LogP contribution in [0.25, 0.3) is 0 Å². The quantitative estimate of drug-likeness (QED) is 0.824. The van der Waals surface area contributed by atoms with Gasteiger partial charge < -0.3 is 4.90 Å². The van der Waals surface area contributed by atoms with Gasteiger partial charge in [0.25, 0.3) is 0 Å². The SMILES string of the molecule is CN(c1nc2c(s1)C(=O)CC(C)(C)C2)C1CCCCC1. The molecule has 20 heavy (non-hydrogen) atoms. The van der Waals surface area contributed by atoms with E-state index in [9.17, 15) is 4.79 Å². The summed E-state index contributed by atoms with van der Waals surface area (Å²) in [6, 6.07) is 0.611. The molecule has 1 fully saturated rings. The van der Waals surface area contributed by atoms with Crippen LogP contribution in [0.3, 0.4) is 0 Å². The largest absolute Gasteiger partial charge is 0.348 e. The van der Waals surface area contributed by atoms with E-state index < -0.39 is 0 Å². The Morgan fingerprint density at radius 1 is 1.20 bits per heavy atom. The van der Waals surface area contributed by atoms with Crippen molar-refractivity contribution >= 4 is 22.3 Å². The van der Waals surface area contributed by atoms with E-state index >= 15 is 0 Å². The van der Waals surface area contributed by atoms with Crippen LogP contribution in [0.5, 0.6) is 0 Å². The van der Waals surface area contributed by atoms with Crippen LogP contribution in [0.15, 0.2) is 0 Å². The maximum absolute atomic E-state index is 12.3. The monoisotopic (exact) mass is 292 g/mol. The third-order valence-corrected chi connectivity index (χ3v) is 5.88. The molecular weight excluding hydrogens is 268 g/mol. The molecule has 1 aromatic rings. The number of nitrogens with zero attached hydrogens (tertiary/aromatic N) is 2. The Labute approximate surface area is 125 Å². The van der Waals surface area contributed by atoms with E-state index in [1.807, 2.05) is 0 Å². The minimum absolute atomic E-state index is 0.0683. The van der Waals surface area contributed by atoms with Crippen molar-refractivity contribution in [3.05, 3.63) is 10.6 Å². The van der Waals surface area contributed by atoms with Gasteiger partial charge in [-0.2, -0.15) is 0 Å². The number of fused-ring (bicyclic) bond motifs is 1. The van der Waals surface area contributed by atoms with E-state index in [0.29, 0.717) is 12.5 Å². The lowest BCUT2D eigenvalue weighted by molar-refractivity contribution is 0.0916. The van der Waals surface area contributed by atoms with E-state index in [0.717, 1.165) is 22.1 Å². The highest BCUT2D eigenvalue weighted by atomic mass is 32.1. The molecule has 2 aliphatic carbocycles. The van der Waals surface area contributed by atoms with Gasteiger partial charge in [0.05, 0.1) is 10.6 Å². The summed E-state index contributed by atoms with van der Waals surface area (Å²) in [4.78, 5) is 20.3. The lowest BCUT2D eigenvalue weighted by Crippen LogP contribution is -2.33. The molecule has 0 bridgehead atoms. The first-order valence-electron chi connectivity index (χ1n) is 7.72. The predicted molar refractivity (Wildman–Crippen MR) is 83.8 cm³/mol. The molecule has 3 nitrogen and oxygen atoms in total. The number of rotatable bonds is 2. The molecule has 0 saturated heterocycles. The average molecular weight is 292 g/mol. The third kappa shape index (κ3) is 2.62. The molecule has 110 valence electrons. The van der Waals surface area contributed by atoms with Crippen LogP contribution in [0.2, 0.25) is 0 Å². The first-order valence-corrected chi connectivity index (χ1v) is 8.54. The van der Waals surface area contributed by atoms with Crippen LogP contribution in [0.1, 0.15) is 67.7 Å². The van der Waals surface area contributed by atoms with Crippen molar-refractivity contribution in [2.24, 2.45) is 5.41 Å². The normalized spacial score (nSPS) is 22.6. The Bertz CT molecular complexity index is 515. The van der Waals surface area contributed by atoms with E-state index in [1.54, 1.807) is 11.3 Å². The lowest BCUT2D eigenvalue weighted by Gasteiger charge is -2.30. The summed E-state index contributed by atoms with van der Waals surface area (Å²) in [6.45, 7) is 4.33. The molecule has 3 rings (SSSR count). The average Bonchev–Trinajstić information content (AvgIpc) is 2.81. The Morgan fingerprint density at radius 3 is 2.60 bits per heavy atom. The zero-order valence-electron chi connectivity index (χ0n) is 12.7. The van der Waals surface area contributed by atoms with Crippen LogP contribution in [-0.2, 0) is 6.42 Å². The Morgan fingerprint density at radius 2 is 1.90 bits per heavy atom. The molecule has 1 aromatic heterocycles. The first kappa shape index (κ1) is 14.1. The fourth-order valence-corrected chi connectivity index (χ4v) is 4.54. The van der Waals surface area contributed by atoms with Crippen molar-refractivity contribution in [3.8, 4) is 0 Å². The third-order valence-electron chi connectivity index (χ3n) is 4.65. The van der Waals surface area contributed by atoms with Gasteiger partial charge in [-0.1, -0.05) is 44.4 Å². The molecule has 0 N–H and O–H groups in total. The lowest BCUT2D eigenvalue weighted by atomic mass is 9.78. The van der Waals surface area contributed by atoms with Crippen molar-refractivity contribution in [3.63, 3.8) is 0 Å². The molecule has 0 aliphatic heterocycles. The standard InChI is InChI=1S/C16H24N2OS/c1-16(2)9-12-14(13(19)10-16)20-15(17-12)18(3)11-7-5-4-6-8-11/h11H,4-10H2,1-3H3. The van der Waals surface area contributed by atoms with Gasteiger partial charge >= 0.3 is 0 Å². The van der Waals surface area contributed by atoms with E-state index in [-0.39, 0.29) is 11.2 Å². The van der Waals surface area contributed by atoms with Gasteiger partial charge in [0.2, 0.25) is 0 Å². The summed E-state index contributed by atoms with van der Waals surface area (Å²) < 4.78 is 0. The maximum Gasteiger partial charge on any atom is 0.186 e. The van der Waals surface area contributed by atoms with Crippen molar-refractivity contribution < 1.29 is 4.79 Å². The second kappa shape index (κ2) is 5.14. The van der Waals surface area contributed by atoms with E-state index in [4.69, 9.17) is 4.98 Å². The summed E-state index contributed by atoms with van der Waals surface area (Å²) in [5, 5.41) is 1.05. The molecule has 0 spiro atoms. The van der Waals surface area contributed by atoms with Gasteiger partial charge in [-0.25, -0.2) is 4.98 Å². The highest BCUT2D eigenvalue weighted by Crippen LogP contribution is 2.40. The Hall–Kier alpha value is -0.900. The number of hydrogen-bond acceptors (Lipinski definition) is 4. The number of ketones is 1. The first-order chi connectivity index (χ1) is 9.46. The fourth-order valence-electron chi connectivity index (χ4n) is 3.48. The highest BCUT2D eigenvalue weighted by Gasteiger charge is 2.34. The van der Waals surface area contributed by atoms with Crippen LogP contribution in [-0.4, -0.2) is 23.9 Å². The summed E-state index contributed by atoms with van der Waals surface area (Å²) in [5.41, 5.74) is 1.10. The van der Waals surface area contributed by atoms with Crippen molar-refractivity contribution in [1.29, 1.82) is 0 Å². The van der Waals surface area contributed by atoms with Crippen molar-refractivity contribution in [2.75, 3.05) is 11.9 Å².